The molecule has 1 saturated heterocycles. The minimum absolute atomic E-state index is 0.00699. The monoisotopic (exact) mass is 666 g/mol. The van der Waals surface area contributed by atoms with Gasteiger partial charge in [0.2, 0.25) is 17.2 Å². The molecule has 14 nitrogen and oxygen atoms in total. The zero-order valence-electron chi connectivity index (χ0n) is 26.4. The Balaban J connectivity index is 1.25. The van der Waals surface area contributed by atoms with Crippen molar-refractivity contribution in [3.63, 3.8) is 0 Å². The number of carbonyl (C=O) groups is 1. The van der Waals surface area contributed by atoms with Crippen LogP contribution in [0.15, 0.2) is 62.0 Å². The minimum atomic E-state index is -1.82. The first-order chi connectivity index (χ1) is 23.1. The van der Waals surface area contributed by atoms with Gasteiger partial charge < -0.3 is 40.0 Å². The number of aliphatic hydroxyl groups is 5. The van der Waals surface area contributed by atoms with Gasteiger partial charge in [-0.2, -0.15) is 0 Å². The molecule has 48 heavy (non-hydrogen) atoms. The number of benzene rings is 1. The van der Waals surface area contributed by atoms with Crippen molar-refractivity contribution >= 4 is 28.8 Å². The van der Waals surface area contributed by atoms with Crippen LogP contribution in [0.25, 0.3) is 11.0 Å². The molecule has 5 aliphatic rings. The standard InChI is InChI=1S/C34H39N3O11/c1-17-7-24(39)22-8-20-9-27(48-45-16-26(41)31(44)30(43)25(40)15-38)34(5-2-3-18(11-34)21-10-28(42)36-12-21)47-32(20)29(33(22)46-17)37-13-19-4-6-35-23(19)14-37/h2-4,6-8,14,18,21,25-27,30-31,38,40-41,43-44H,5,9-13,15-16H2,1H3,(H,36,42)/p+1. The molecule has 2 aromatic rings. The Morgan fingerprint density at radius 2 is 1.96 bits per heavy atom. The SMILES string of the molecule is Cc1cc(=O)c2cc3c(c([NH+]4C=C5N=CC=C5C4)c2o1)OC1(CC=CC(C2CNC(=O)C2)C1)C(OOCC(O)C(O)C(O)C(O)CO)C3. The maximum absolute atomic E-state index is 13.3. The fourth-order valence-corrected chi connectivity index (χ4v) is 7.46. The molecule has 0 radical (unpaired) electrons. The molecule has 1 aromatic carbocycles. The van der Waals surface area contributed by atoms with Crippen LogP contribution in [0.3, 0.4) is 0 Å². The van der Waals surface area contributed by atoms with Crippen LogP contribution in [0.1, 0.15) is 30.6 Å². The Hall–Kier alpha value is -3.73. The fraction of sp³-hybridized carbons (Fsp3) is 0.500. The van der Waals surface area contributed by atoms with Crippen LogP contribution >= 0.6 is 0 Å². The summed E-state index contributed by atoms with van der Waals surface area (Å²) in [6.45, 7) is 1.47. The number of aryl methyl sites for hydroxylation is 1. The van der Waals surface area contributed by atoms with Gasteiger partial charge in [-0.25, -0.2) is 9.78 Å². The molecule has 1 spiro atoms. The number of hydrogen-bond donors (Lipinski definition) is 7. The number of ether oxygens (including phenoxy) is 1. The predicted octanol–water partition coefficient (Wildman–Crippen LogP) is -0.988. The molecule has 1 aromatic heterocycles. The molecule has 7 N–H and O–H groups in total. The third-order valence-electron chi connectivity index (χ3n) is 10.1. The van der Waals surface area contributed by atoms with E-state index in [2.05, 4.69) is 16.4 Å². The molecule has 0 bridgehead atoms. The molecule has 9 atom stereocenters. The van der Waals surface area contributed by atoms with Gasteiger partial charge in [-0.3, -0.25) is 19.5 Å². The highest BCUT2D eigenvalue weighted by molar-refractivity contribution is 5.90. The van der Waals surface area contributed by atoms with Crippen molar-refractivity contribution < 1.29 is 54.2 Å². The molecule has 4 aliphatic heterocycles. The van der Waals surface area contributed by atoms with Gasteiger partial charge in [0.15, 0.2) is 11.2 Å². The van der Waals surface area contributed by atoms with Crippen molar-refractivity contribution in [3.05, 3.63) is 69.4 Å². The smallest absolute Gasteiger partial charge is 0.222 e. The van der Waals surface area contributed by atoms with Crippen molar-refractivity contribution in [2.75, 3.05) is 26.3 Å². The zero-order valence-corrected chi connectivity index (χ0v) is 26.4. The van der Waals surface area contributed by atoms with E-state index < -0.39 is 49.3 Å². The summed E-state index contributed by atoms with van der Waals surface area (Å²) in [7, 11) is 0. The summed E-state index contributed by atoms with van der Waals surface area (Å²) in [4.78, 5) is 42.3. The van der Waals surface area contributed by atoms with E-state index in [1.165, 1.54) is 6.07 Å². The molecular weight excluding hydrogens is 626 g/mol. The van der Waals surface area contributed by atoms with E-state index >= 15 is 0 Å². The highest BCUT2D eigenvalue weighted by Gasteiger charge is 2.52. The van der Waals surface area contributed by atoms with Crippen molar-refractivity contribution in [1.29, 1.82) is 0 Å². The number of quaternary nitrogens is 1. The lowest BCUT2D eigenvalue weighted by molar-refractivity contribution is -0.763. The van der Waals surface area contributed by atoms with Gasteiger partial charge in [-0.05, 0) is 37.3 Å². The summed E-state index contributed by atoms with van der Waals surface area (Å²) < 4.78 is 13.3. The van der Waals surface area contributed by atoms with E-state index in [1.54, 1.807) is 19.2 Å². The average Bonchev–Trinajstić information content (AvgIpc) is 3.80. The Bertz CT molecular complexity index is 1780. The van der Waals surface area contributed by atoms with Gasteiger partial charge in [0, 0.05) is 49.2 Å². The van der Waals surface area contributed by atoms with Crippen LogP contribution in [0.4, 0.5) is 5.69 Å². The van der Waals surface area contributed by atoms with Crippen LogP contribution in [-0.2, 0) is 21.0 Å². The van der Waals surface area contributed by atoms with Crippen LogP contribution in [0.2, 0.25) is 0 Å². The number of aliphatic hydroxyl groups excluding tert-OH is 5. The number of carbonyl (C=O) groups excluding carboxylic acids is 1. The van der Waals surface area contributed by atoms with Crippen molar-refractivity contribution in [2.24, 2.45) is 16.8 Å². The first kappa shape index (κ1) is 32.8. The number of nitrogens with zero attached hydrogens (tertiary/aromatic N) is 1. The molecule has 256 valence electrons. The van der Waals surface area contributed by atoms with Gasteiger partial charge in [-0.15, -0.1) is 0 Å². The van der Waals surface area contributed by atoms with E-state index in [1.807, 2.05) is 18.4 Å². The van der Waals surface area contributed by atoms with Crippen molar-refractivity contribution in [1.82, 2.24) is 5.32 Å². The van der Waals surface area contributed by atoms with E-state index in [9.17, 15) is 30.0 Å². The third-order valence-corrected chi connectivity index (χ3v) is 10.1. The second-order valence-electron chi connectivity index (χ2n) is 13.3. The van der Waals surface area contributed by atoms with Crippen LogP contribution < -0.4 is 20.4 Å². The highest BCUT2D eigenvalue weighted by atomic mass is 17.2. The number of hydrogen-bond acceptors (Lipinski definition) is 12. The largest absolute Gasteiger partial charge is 0.477 e. The maximum atomic E-state index is 13.3. The first-order valence-electron chi connectivity index (χ1n) is 16.2. The minimum Gasteiger partial charge on any atom is -0.477 e. The molecule has 5 heterocycles. The average molecular weight is 667 g/mol. The van der Waals surface area contributed by atoms with Gasteiger partial charge in [0.05, 0.1) is 12.0 Å². The molecule has 9 unspecified atom stereocenters. The van der Waals surface area contributed by atoms with Gasteiger partial charge >= 0.3 is 0 Å². The molecule has 14 heteroatoms. The highest BCUT2D eigenvalue weighted by Crippen LogP contribution is 2.49. The summed E-state index contributed by atoms with van der Waals surface area (Å²) in [5.41, 5.74) is 2.51. The molecular formula is C34H40N3O11+. The summed E-state index contributed by atoms with van der Waals surface area (Å²) in [5, 5.41) is 52.9. The maximum Gasteiger partial charge on any atom is 0.222 e. The lowest BCUT2D eigenvalue weighted by Gasteiger charge is -2.47. The normalized spacial score (nSPS) is 30.0. The Morgan fingerprint density at radius 1 is 1.15 bits per heavy atom. The number of allylic oxidation sites excluding steroid dienone is 2. The second-order valence-corrected chi connectivity index (χ2v) is 13.3. The zero-order chi connectivity index (χ0) is 33.7. The lowest BCUT2D eigenvalue weighted by Crippen LogP contribution is -3.01. The van der Waals surface area contributed by atoms with E-state index in [4.69, 9.17) is 24.0 Å². The summed E-state index contributed by atoms with van der Waals surface area (Å²) in [6, 6.07) is 3.20. The van der Waals surface area contributed by atoms with Gasteiger partial charge in [-0.1, -0.05) is 12.2 Å². The fourth-order valence-electron chi connectivity index (χ4n) is 7.46. The number of nitrogens with one attached hydrogen (secondary N) is 2. The van der Waals surface area contributed by atoms with E-state index in [0.29, 0.717) is 66.1 Å². The summed E-state index contributed by atoms with van der Waals surface area (Å²) in [6.07, 6.45) is 3.66. The third kappa shape index (κ3) is 5.92. The Morgan fingerprint density at radius 3 is 2.71 bits per heavy atom. The van der Waals surface area contributed by atoms with E-state index in [0.717, 1.165) is 16.2 Å². The first-order valence-corrected chi connectivity index (χ1v) is 16.2. The number of rotatable bonds is 10. The second kappa shape index (κ2) is 12.9. The lowest BCUT2D eigenvalue weighted by atomic mass is 9.71. The molecule has 1 fully saturated rings. The molecule has 0 saturated carbocycles. The predicted molar refractivity (Wildman–Crippen MR) is 169 cm³/mol. The Labute approximate surface area is 275 Å². The quantitative estimate of drug-likeness (QED) is 0.0932. The molecule has 7 rings (SSSR count). The Kier molecular flexibility index (Phi) is 8.85. The molecule has 1 aliphatic carbocycles. The summed E-state index contributed by atoms with van der Waals surface area (Å²) >= 11 is 0. The van der Waals surface area contributed by atoms with Gasteiger partial charge in [0.1, 0.15) is 66.9 Å². The van der Waals surface area contributed by atoms with Crippen molar-refractivity contribution in [2.45, 2.75) is 68.7 Å². The van der Waals surface area contributed by atoms with Crippen LogP contribution in [0, 0.1) is 18.8 Å². The van der Waals surface area contributed by atoms with Gasteiger partial charge in [0.25, 0.3) is 0 Å². The van der Waals surface area contributed by atoms with Crippen LogP contribution in [0.5, 0.6) is 5.75 Å². The van der Waals surface area contributed by atoms with Crippen molar-refractivity contribution in [3.8, 4) is 5.75 Å². The van der Waals surface area contributed by atoms with Crippen LogP contribution in [-0.4, -0.2) is 100 Å². The number of fused-ring (bicyclic) bond motifs is 3. The molecule has 1 amide bonds. The van der Waals surface area contributed by atoms with E-state index in [-0.39, 0.29) is 29.6 Å². The number of amides is 1. The summed E-state index contributed by atoms with van der Waals surface area (Å²) in [5.74, 6) is 1.04. The topological polar surface area (TPSA) is 205 Å². The number of aliphatic imine (C=N–C) groups is 1.